The molecule has 1 unspecified atom stereocenters. The van der Waals surface area contributed by atoms with E-state index in [1.165, 1.54) is 20.4 Å². The SMILES string of the molecule is COCC(CC(=O)[C@H](COC)NC(=O)c1cnc(C)s1)C(=O)N[C@@H](Cc1ccccc1)C(=O)[C@](C)(O)COS(=O)(=O)c1ccc(C(F)(F)F)cc1. The van der Waals surface area contributed by atoms with Gasteiger partial charge >= 0.3 is 6.18 Å². The molecule has 3 N–H and O–H groups in total. The van der Waals surface area contributed by atoms with Gasteiger partial charge in [-0.2, -0.15) is 21.6 Å². The fourth-order valence-corrected chi connectivity index (χ4v) is 6.43. The summed E-state index contributed by atoms with van der Waals surface area (Å²) < 4.78 is 79.4. The molecule has 0 bridgehead atoms. The van der Waals surface area contributed by atoms with E-state index in [0.29, 0.717) is 34.8 Å². The lowest BCUT2D eigenvalue weighted by atomic mass is 9.90. The van der Waals surface area contributed by atoms with Gasteiger partial charge in [-0.05, 0) is 50.1 Å². The second-order valence-corrected chi connectivity index (χ2v) is 14.5. The average molecular weight is 758 g/mol. The molecule has 1 aromatic heterocycles. The largest absolute Gasteiger partial charge is 0.416 e. The minimum absolute atomic E-state index is 0.169. The Hall–Kier alpha value is -4.07. The lowest BCUT2D eigenvalue weighted by Crippen LogP contribution is -2.55. The maximum absolute atomic E-state index is 13.7. The number of carbonyl (C=O) groups is 4. The van der Waals surface area contributed by atoms with Crippen molar-refractivity contribution in [1.82, 2.24) is 15.6 Å². The Labute approximate surface area is 296 Å². The summed E-state index contributed by atoms with van der Waals surface area (Å²) in [7, 11) is -2.12. The maximum Gasteiger partial charge on any atom is 0.416 e. The zero-order valence-corrected chi connectivity index (χ0v) is 29.7. The number of halogens is 3. The van der Waals surface area contributed by atoms with Gasteiger partial charge in [-0.3, -0.25) is 23.4 Å². The highest BCUT2D eigenvalue weighted by Gasteiger charge is 2.40. The molecule has 18 heteroatoms. The molecule has 0 aliphatic heterocycles. The van der Waals surface area contributed by atoms with Crippen LogP contribution in [0.3, 0.4) is 0 Å². The molecule has 0 saturated carbocycles. The minimum Gasteiger partial charge on any atom is -0.384 e. The zero-order valence-electron chi connectivity index (χ0n) is 28.1. The Kier molecular flexibility index (Phi) is 14.5. The lowest BCUT2D eigenvalue weighted by Gasteiger charge is -2.29. The number of alkyl halides is 3. The number of benzene rings is 2. The summed E-state index contributed by atoms with van der Waals surface area (Å²) in [5, 5.41) is 16.9. The van der Waals surface area contributed by atoms with Crippen LogP contribution in [0.5, 0.6) is 0 Å². The number of aromatic nitrogens is 1. The lowest BCUT2D eigenvalue weighted by molar-refractivity contribution is -0.143. The molecular formula is C33H38F3N3O10S2. The van der Waals surface area contributed by atoms with E-state index in [4.69, 9.17) is 13.7 Å². The van der Waals surface area contributed by atoms with E-state index in [-0.39, 0.29) is 24.5 Å². The second-order valence-electron chi connectivity index (χ2n) is 11.7. The molecule has 0 fully saturated rings. The molecule has 0 spiro atoms. The van der Waals surface area contributed by atoms with E-state index in [9.17, 15) is 45.9 Å². The van der Waals surface area contributed by atoms with Crippen molar-refractivity contribution < 1.29 is 59.5 Å². The van der Waals surface area contributed by atoms with Crippen molar-refractivity contribution in [3.05, 3.63) is 81.8 Å². The highest BCUT2D eigenvalue weighted by Crippen LogP contribution is 2.30. The van der Waals surface area contributed by atoms with E-state index >= 15 is 0 Å². The van der Waals surface area contributed by atoms with E-state index in [1.54, 1.807) is 37.3 Å². The van der Waals surface area contributed by atoms with Gasteiger partial charge in [0.1, 0.15) is 23.1 Å². The number of thiazole rings is 1. The smallest absolute Gasteiger partial charge is 0.384 e. The van der Waals surface area contributed by atoms with Crippen molar-refractivity contribution in [2.24, 2.45) is 5.92 Å². The van der Waals surface area contributed by atoms with Crippen molar-refractivity contribution >= 4 is 44.8 Å². The number of Topliss-reactive ketones (excluding diaryl/α,β-unsaturated/α-hetero) is 2. The highest BCUT2D eigenvalue weighted by atomic mass is 32.2. The topological polar surface area (TPSA) is 187 Å². The zero-order chi connectivity index (χ0) is 38.0. The van der Waals surface area contributed by atoms with Gasteiger partial charge in [-0.15, -0.1) is 11.3 Å². The highest BCUT2D eigenvalue weighted by molar-refractivity contribution is 7.86. The third-order valence-electron chi connectivity index (χ3n) is 7.47. The predicted octanol–water partition coefficient (Wildman–Crippen LogP) is 2.89. The minimum atomic E-state index is -4.73. The third-order valence-corrected chi connectivity index (χ3v) is 9.66. The van der Waals surface area contributed by atoms with Gasteiger partial charge in [0, 0.05) is 20.6 Å². The van der Waals surface area contributed by atoms with Gasteiger partial charge in [-0.25, -0.2) is 4.98 Å². The van der Waals surface area contributed by atoms with Crippen LogP contribution >= 0.6 is 11.3 Å². The van der Waals surface area contributed by atoms with Crippen LogP contribution in [-0.2, 0) is 50.8 Å². The second kappa shape index (κ2) is 17.9. The number of ketones is 2. The molecule has 13 nitrogen and oxygen atoms in total. The monoisotopic (exact) mass is 757 g/mol. The summed E-state index contributed by atoms with van der Waals surface area (Å²) >= 11 is 1.12. The molecule has 0 aliphatic carbocycles. The van der Waals surface area contributed by atoms with Crippen LogP contribution in [0.2, 0.25) is 0 Å². The number of nitrogens with zero attached hydrogens (tertiary/aromatic N) is 1. The van der Waals surface area contributed by atoms with Gasteiger partial charge in [0.25, 0.3) is 16.0 Å². The van der Waals surface area contributed by atoms with Gasteiger partial charge in [0.15, 0.2) is 11.6 Å². The number of hydrogen-bond donors (Lipinski definition) is 3. The molecule has 2 aromatic carbocycles. The number of hydrogen-bond acceptors (Lipinski definition) is 12. The van der Waals surface area contributed by atoms with Crippen molar-refractivity contribution in [2.45, 2.75) is 55.4 Å². The van der Waals surface area contributed by atoms with Crippen LogP contribution in [0.1, 0.15) is 39.2 Å². The normalized spacial score (nSPS) is 14.9. The molecule has 278 valence electrons. The third kappa shape index (κ3) is 12.0. The van der Waals surface area contributed by atoms with Crippen molar-refractivity contribution in [3.63, 3.8) is 0 Å². The Morgan fingerprint density at radius 1 is 0.941 bits per heavy atom. The molecule has 3 aromatic rings. The number of aliphatic hydroxyl groups is 1. The molecule has 0 saturated heterocycles. The Morgan fingerprint density at radius 3 is 2.12 bits per heavy atom. The first-order valence-corrected chi connectivity index (χ1v) is 17.5. The average Bonchev–Trinajstić information content (AvgIpc) is 3.52. The maximum atomic E-state index is 13.7. The van der Waals surface area contributed by atoms with Crippen molar-refractivity contribution in [2.75, 3.05) is 34.0 Å². The van der Waals surface area contributed by atoms with E-state index in [0.717, 1.165) is 18.3 Å². The van der Waals surface area contributed by atoms with Gasteiger partial charge < -0.3 is 25.2 Å². The molecule has 0 aliphatic rings. The number of ether oxygens (including phenoxy) is 2. The molecule has 4 atom stereocenters. The summed E-state index contributed by atoms with van der Waals surface area (Å²) in [6.45, 7) is 1.03. The summed E-state index contributed by atoms with van der Waals surface area (Å²) in [6, 6.07) is 8.13. The Bertz CT molecular complexity index is 1770. The quantitative estimate of drug-likeness (QED) is 0.153. The van der Waals surface area contributed by atoms with Crippen molar-refractivity contribution in [1.29, 1.82) is 0 Å². The number of nitrogens with one attached hydrogen (secondary N) is 2. The van der Waals surface area contributed by atoms with Crippen LogP contribution in [0.25, 0.3) is 0 Å². The number of methoxy groups -OCH3 is 2. The summed E-state index contributed by atoms with van der Waals surface area (Å²) in [5.74, 6) is -4.22. The van der Waals surface area contributed by atoms with E-state index < -0.39 is 86.8 Å². The number of aryl methyl sites for hydroxylation is 1. The first-order chi connectivity index (χ1) is 23.9. The Balaban J connectivity index is 1.79. The van der Waals surface area contributed by atoms with Crippen LogP contribution < -0.4 is 10.6 Å². The summed E-state index contributed by atoms with van der Waals surface area (Å²) in [5.41, 5.74) is -3.09. The number of rotatable bonds is 19. The fraction of sp³-hybridized carbons (Fsp3) is 0.424. The van der Waals surface area contributed by atoms with Crippen LogP contribution in [0, 0.1) is 12.8 Å². The van der Waals surface area contributed by atoms with Crippen LogP contribution in [-0.4, -0.2) is 93.6 Å². The number of carbonyl (C=O) groups excluding carboxylic acids is 4. The molecule has 51 heavy (non-hydrogen) atoms. The molecule has 2 amide bonds. The van der Waals surface area contributed by atoms with E-state index in [1.807, 2.05) is 0 Å². The molecule has 1 heterocycles. The molecule has 3 rings (SSSR count). The first-order valence-electron chi connectivity index (χ1n) is 15.3. The summed E-state index contributed by atoms with van der Waals surface area (Å²) in [6.07, 6.45) is -3.97. The van der Waals surface area contributed by atoms with Crippen LogP contribution in [0.15, 0.2) is 65.7 Å². The molecule has 0 radical (unpaired) electrons. The van der Waals surface area contributed by atoms with Gasteiger partial charge in [0.2, 0.25) is 5.91 Å². The van der Waals surface area contributed by atoms with Crippen molar-refractivity contribution in [3.8, 4) is 0 Å². The summed E-state index contributed by atoms with van der Waals surface area (Å²) in [4.78, 5) is 57.1. The first kappa shape index (κ1) is 41.4. The fourth-order valence-electron chi connectivity index (χ4n) is 4.76. The van der Waals surface area contributed by atoms with E-state index in [2.05, 4.69) is 15.6 Å². The Morgan fingerprint density at radius 2 is 1.57 bits per heavy atom. The van der Waals surface area contributed by atoms with Gasteiger partial charge in [-0.1, -0.05) is 30.3 Å². The van der Waals surface area contributed by atoms with Gasteiger partial charge in [0.05, 0.1) is 46.8 Å². The number of amides is 2. The molecular weight excluding hydrogens is 720 g/mol. The van der Waals surface area contributed by atoms with Crippen LogP contribution in [0.4, 0.5) is 13.2 Å². The predicted molar refractivity (Wildman–Crippen MR) is 177 cm³/mol. The standard InChI is InChI=1S/C33H38F3N3O10S2/c1-20-37-16-28(50-20)31(43)39-26(18-48-4)27(40)15-22(17-47-3)30(42)38-25(14-21-8-6-5-7-9-21)29(41)32(2,44)19-49-51(45,46)24-12-10-23(11-13-24)33(34,35)36/h5-13,16,22,25-26,44H,14-15,17-19H2,1-4H3,(H,38,42)(H,39,43)/t22?,25-,26-,32+/m0/s1.